The first kappa shape index (κ1) is 9.84. The van der Waals surface area contributed by atoms with E-state index in [2.05, 4.69) is 0 Å². The van der Waals surface area contributed by atoms with Crippen molar-refractivity contribution >= 4 is 17.4 Å². The van der Waals surface area contributed by atoms with E-state index < -0.39 is 23.8 Å². The van der Waals surface area contributed by atoms with Crippen LogP contribution in [-0.2, 0) is 4.79 Å². The number of ketones is 1. The highest BCUT2D eigenvalue weighted by Crippen LogP contribution is 2.59. The van der Waals surface area contributed by atoms with Gasteiger partial charge in [-0.2, -0.15) is 13.2 Å². The molecule has 0 aliphatic heterocycles. The molecule has 0 unspecified atom stereocenters. The fourth-order valence-corrected chi connectivity index (χ4v) is 1.23. The number of hydrogen-bond donors (Lipinski definition) is 0. The van der Waals surface area contributed by atoms with Crippen LogP contribution in [0.25, 0.3) is 0 Å². The van der Waals surface area contributed by atoms with Gasteiger partial charge in [0, 0.05) is 6.42 Å². The second-order valence-electron chi connectivity index (χ2n) is 3.13. The highest BCUT2D eigenvalue weighted by atomic mass is 35.5. The zero-order valence-corrected chi connectivity index (χ0v) is 7.00. The number of alkyl halides is 4. The monoisotopic (exact) mass is 200 g/mol. The van der Waals surface area contributed by atoms with Crippen molar-refractivity contribution in [2.24, 2.45) is 5.41 Å². The van der Waals surface area contributed by atoms with Crippen molar-refractivity contribution in [2.45, 2.75) is 25.4 Å². The molecule has 1 fully saturated rings. The fraction of sp³-hybridized carbons (Fsp3) is 0.857. The highest BCUT2D eigenvalue weighted by molar-refractivity contribution is 6.27. The van der Waals surface area contributed by atoms with E-state index in [0.717, 1.165) is 0 Å². The van der Waals surface area contributed by atoms with Gasteiger partial charge < -0.3 is 0 Å². The van der Waals surface area contributed by atoms with Gasteiger partial charge in [-0.15, -0.1) is 11.6 Å². The minimum Gasteiger partial charge on any atom is -0.298 e. The summed E-state index contributed by atoms with van der Waals surface area (Å²) < 4.78 is 36.6. The summed E-state index contributed by atoms with van der Waals surface area (Å²) in [5.74, 6) is -0.843. The van der Waals surface area contributed by atoms with E-state index in [4.69, 9.17) is 11.6 Å². The highest BCUT2D eigenvalue weighted by Gasteiger charge is 2.63. The molecular formula is C7H8ClF3O. The molecule has 0 aromatic heterocycles. The van der Waals surface area contributed by atoms with Crippen molar-refractivity contribution in [3.05, 3.63) is 0 Å². The third kappa shape index (κ3) is 1.73. The van der Waals surface area contributed by atoms with Crippen LogP contribution in [0, 0.1) is 5.41 Å². The van der Waals surface area contributed by atoms with E-state index >= 15 is 0 Å². The molecule has 0 aromatic carbocycles. The lowest BCUT2D eigenvalue weighted by atomic mass is 10.00. The number of hydrogen-bond acceptors (Lipinski definition) is 1. The Morgan fingerprint density at radius 2 is 1.92 bits per heavy atom. The zero-order valence-electron chi connectivity index (χ0n) is 6.25. The van der Waals surface area contributed by atoms with Gasteiger partial charge in [-0.3, -0.25) is 4.79 Å². The van der Waals surface area contributed by atoms with Crippen LogP contribution >= 0.6 is 11.6 Å². The summed E-state index contributed by atoms with van der Waals surface area (Å²) in [6.07, 6.45) is -4.55. The molecule has 0 atom stereocenters. The minimum absolute atomic E-state index is 0.0686. The normalized spacial score (nSPS) is 20.7. The second-order valence-corrected chi connectivity index (χ2v) is 3.39. The smallest absolute Gasteiger partial charge is 0.298 e. The molecule has 1 aliphatic carbocycles. The Morgan fingerprint density at radius 1 is 1.42 bits per heavy atom. The predicted octanol–water partition coefficient (Wildman–Crippen LogP) is 2.53. The summed E-state index contributed by atoms with van der Waals surface area (Å²) in [5, 5.41) is 0. The largest absolute Gasteiger partial charge is 0.394 e. The third-order valence-corrected chi connectivity index (χ3v) is 2.44. The number of carbonyl (C=O) groups is 1. The van der Waals surface area contributed by atoms with Gasteiger partial charge in [0.15, 0.2) is 0 Å². The maximum atomic E-state index is 12.2. The SMILES string of the molecule is O=C(CCl)CC1(C(F)(F)F)CC1. The van der Waals surface area contributed by atoms with Crippen LogP contribution in [0.15, 0.2) is 0 Å². The van der Waals surface area contributed by atoms with Crippen molar-refractivity contribution in [3.8, 4) is 0 Å². The Balaban J connectivity index is 2.56. The first-order valence-corrected chi connectivity index (χ1v) is 4.09. The van der Waals surface area contributed by atoms with Gasteiger partial charge in [-0.25, -0.2) is 0 Å². The van der Waals surface area contributed by atoms with E-state index in [1.165, 1.54) is 0 Å². The van der Waals surface area contributed by atoms with Gasteiger partial charge >= 0.3 is 6.18 Å². The first-order valence-electron chi connectivity index (χ1n) is 3.56. The minimum atomic E-state index is -4.24. The van der Waals surface area contributed by atoms with E-state index in [-0.39, 0.29) is 18.7 Å². The van der Waals surface area contributed by atoms with Crippen LogP contribution < -0.4 is 0 Å². The van der Waals surface area contributed by atoms with Crippen LogP contribution in [0.4, 0.5) is 13.2 Å². The van der Waals surface area contributed by atoms with Gasteiger partial charge in [0.05, 0.1) is 11.3 Å². The Bertz CT molecular complexity index is 195. The summed E-state index contributed by atoms with van der Waals surface area (Å²) >= 11 is 5.12. The molecule has 1 nitrogen and oxygen atoms in total. The second kappa shape index (κ2) is 2.91. The molecule has 1 aliphatic rings. The van der Waals surface area contributed by atoms with Crippen LogP contribution in [0.2, 0.25) is 0 Å². The van der Waals surface area contributed by atoms with Gasteiger partial charge in [-0.05, 0) is 12.8 Å². The lowest BCUT2D eigenvalue weighted by molar-refractivity contribution is -0.189. The molecule has 0 aromatic rings. The Hall–Kier alpha value is -0.250. The van der Waals surface area contributed by atoms with Gasteiger partial charge in [0.2, 0.25) is 0 Å². The van der Waals surface area contributed by atoms with Crippen molar-refractivity contribution in [3.63, 3.8) is 0 Å². The molecule has 0 spiro atoms. The standard InChI is InChI=1S/C7H8ClF3O/c8-4-5(12)3-6(1-2-6)7(9,10)11/h1-4H2. The molecule has 70 valence electrons. The Labute approximate surface area is 72.9 Å². The van der Waals surface area contributed by atoms with E-state index in [0.29, 0.717) is 0 Å². The molecule has 1 saturated carbocycles. The molecule has 0 bridgehead atoms. The first-order chi connectivity index (χ1) is 5.41. The lowest BCUT2D eigenvalue weighted by Gasteiger charge is -2.17. The molecule has 0 heterocycles. The average Bonchev–Trinajstić information content (AvgIpc) is 2.67. The topological polar surface area (TPSA) is 17.1 Å². The summed E-state index contributed by atoms with van der Waals surface area (Å²) in [5.41, 5.74) is -1.72. The fourth-order valence-electron chi connectivity index (χ4n) is 1.14. The number of Topliss-reactive ketones (excluding diaryl/α,β-unsaturated/α-hetero) is 1. The molecule has 0 N–H and O–H groups in total. The van der Waals surface area contributed by atoms with Crippen molar-refractivity contribution < 1.29 is 18.0 Å². The number of rotatable bonds is 3. The number of halogens is 4. The molecule has 5 heteroatoms. The van der Waals surface area contributed by atoms with E-state index in [9.17, 15) is 18.0 Å². The van der Waals surface area contributed by atoms with Crippen LogP contribution in [0.1, 0.15) is 19.3 Å². The zero-order chi connectivity index (χ0) is 9.41. The summed E-state index contributed by atoms with van der Waals surface area (Å²) in [6.45, 7) is 0. The summed E-state index contributed by atoms with van der Waals surface area (Å²) in [7, 11) is 0. The maximum Gasteiger partial charge on any atom is 0.394 e. The van der Waals surface area contributed by atoms with E-state index in [1.807, 2.05) is 0 Å². The molecule has 0 radical (unpaired) electrons. The molecule has 1 rings (SSSR count). The molecule has 0 saturated heterocycles. The quantitative estimate of drug-likeness (QED) is 0.640. The Kier molecular flexibility index (Phi) is 2.38. The maximum absolute atomic E-state index is 12.2. The van der Waals surface area contributed by atoms with E-state index in [1.54, 1.807) is 0 Å². The van der Waals surface area contributed by atoms with Crippen LogP contribution in [0.5, 0.6) is 0 Å². The molecule has 12 heavy (non-hydrogen) atoms. The van der Waals surface area contributed by atoms with Gasteiger partial charge in [-0.1, -0.05) is 0 Å². The van der Waals surface area contributed by atoms with Crippen LogP contribution in [0.3, 0.4) is 0 Å². The van der Waals surface area contributed by atoms with Crippen LogP contribution in [-0.4, -0.2) is 17.8 Å². The summed E-state index contributed by atoms with van der Waals surface area (Å²) in [6, 6.07) is 0. The predicted molar refractivity (Wildman–Crippen MR) is 38.1 cm³/mol. The van der Waals surface area contributed by atoms with Gasteiger partial charge in [0.25, 0.3) is 0 Å². The molecule has 0 amide bonds. The lowest BCUT2D eigenvalue weighted by Crippen LogP contribution is -2.27. The van der Waals surface area contributed by atoms with Crippen molar-refractivity contribution in [1.82, 2.24) is 0 Å². The summed E-state index contributed by atoms with van der Waals surface area (Å²) in [4.78, 5) is 10.7. The van der Waals surface area contributed by atoms with Crippen molar-refractivity contribution in [1.29, 1.82) is 0 Å². The van der Waals surface area contributed by atoms with Gasteiger partial charge in [0.1, 0.15) is 5.78 Å². The number of carbonyl (C=O) groups excluding carboxylic acids is 1. The van der Waals surface area contributed by atoms with Crippen molar-refractivity contribution in [2.75, 3.05) is 5.88 Å². The Morgan fingerprint density at radius 3 is 2.17 bits per heavy atom. The third-order valence-electron chi connectivity index (χ3n) is 2.14. The molecular weight excluding hydrogens is 193 g/mol. The average molecular weight is 201 g/mol.